The third-order valence-electron chi connectivity index (χ3n) is 5.54. The van der Waals surface area contributed by atoms with E-state index >= 15 is 0 Å². The Bertz CT molecular complexity index is 749. The van der Waals surface area contributed by atoms with Crippen molar-refractivity contribution in [3.05, 3.63) is 48.4 Å². The molecule has 2 aliphatic rings. The van der Waals surface area contributed by atoms with E-state index in [4.69, 9.17) is 4.74 Å². The lowest BCUT2D eigenvalue weighted by Crippen LogP contribution is -2.72. The van der Waals surface area contributed by atoms with E-state index in [1.807, 2.05) is 23.1 Å². The summed E-state index contributed by atoms with van der Waals surface area (Å²) >= 11 is 0. The first-order valence-corrected chi connectivity index (χ1v) is 8.97. The molecule has 7 heteroatoms. The van der Waals surface area contributed by atoms with Crippen molar-refractivity contribution in [3.8, 4) is 5.88 Å². The van der Waals surface area contributed by atoms with Crippen LogP contribution in [0.5, 0.6) is 5.88 Å². The van der Waals surface area contributed by atoms with Crippen LogP contribution >= 0.6 is 0 Å². The molecule has 2 aliphatic heterocycles. The van der Waals surface area contributed by atoms with Crippen LogP contribution in [0.1, 0.15) is 23.2 Å². The van der Waals surface area contributed by atoms with E-state index < -0.39 is 0 Å². The lowest BCUT2D eigenvalue weighted by atomic mass is 9.75. The minimum Gasteiger partial charge on any atom is -0.477 e. The molecule has 0 saturated carbocycles. The molecule has 4 heterocycles. The number of hydrogen-bond donors (Lipinski definition) is 0. The zero-order chi connectivity index (χ0) is 18.0. The average molecular weight is 353 g/mol. The third-order valence-corrected chi connectivity index (χ3v) is 5.54. The minimum absolute atomic E-state index is 0.0331. The summed E-state index contributed by atoms with van der Waals surface area (Å²) in [5, 5.41) is 7.53. The van der Waals surface area contributed by atoms with E-state index in [1.54, 1.807) is 18.5 Å². The number of ether oxygens (including phenoxy) is 1. The molecule has 2 fully saturated rings. The first kappa shape index (κ1) is 16.9. The second-order valence-corrected chi connectivity index (χ2v) is 7.28. The van der Waals surface area contributed by atoms with Gasteiger partial charge in [0.1, 0.15) is 0 Å². The largest absolute Gasteiger partial charge is 0.477 e. The topological polar surface area (TPSA) is 71.5 Å². The van der Waals surface area contributed by atoms with Crippen LogP contribution in [-0.4, -0.2) is 69.7 Å². The van der Waals surface area contributed by atoms with Crippen molar-refractivity contribution in [2.75, 3.05) is 33.3 Å². The van der Waals surface area contributed by atoms with Gasteiger partial charge in [-0.25, -0.2) is 4.98 Å². The summed E-state index contributed by atoms with van der Waals surface area (Å²) in [6, 6.07) is 7.42. The molecule has 26 heavy (non-hydrogen) atoms. The highest BCUT2D eigenvalue weighted by Gasteiger charge is 2.51. The summed E-state index contributed by atoms with van der Waals surface area (Å²) in [6.45, 7) is 3.21. The van der Waals surface area contributed by atoms with E-state index in [0.717, 1.165) is 32.5 Å². The summed E-state index contributed by atoms with van der Waals surface area (Å²) in [5.74, 6) is 1.19. The van der Waals surface area contributed by atoms with Gasteiger partial charge in [-0.1, -0.05) is 6.07 Å². The number of hydrogen-bond acceptors (Lipinski definition) is 6. The normalized spacial score (nSPS) is 22.0. The minimum atomic E-state index is 0.0331. The molecule has 2 aromatic heterocycles. The Kier molecular flexibility index (Phi) is 4.55. The molecule has 2 aromatic rings. The fourth-order valence-electron chi connectivity index (χ4n) is 3.96. The van der Waals surface area contributed by atoms with E-state index in [0.29, 0.717) is 24.0 Å². The molecule has 2 saturated heterocycles. The van der Waals surface area contributed by atoms with Crippen LogP contribution in [-0.2, 0) is 0 Å². The van der Waals surface area contributed by atoms with Crippen molar-refractivity contribution in [1.82, 2.24) is 25.0 Å². The number of carbonyl (C=O) groups excluding carboxylic acids is 1. The Labute approximate surface area is 153 Å². The molecule has 7 nitrogen and oxygen atoms in total. The van der Waals surface area contributed by atoms with Crippen LogP contribution in [0, 0.1) is 5.92 Å². The summed E-state index contributed by atoms with van der Waals surface area (Å²) in [5.41, 5.74) is 0.662. The third kappa shape index (κ3) is 3.26. The quantitative estimate of drug-likeness (QED) is 0.829. The maximum absolute atomic E-state index is 12.6. The van der Waals surface area contributed by atoms with Crippen molar-refractivity contribution in [3.63, 3.8) is 0 Å². The summed E-state index contributed by atoms with van der Waals surface area (Å²) < 4.78 is 5.86. The number of amides is 1. The van der Waals surface area contributed by atoms with Crippen LogP contribution in [0.4, 0.5) is 0 Å². The van der Waals surface area contributed by atoms with E-state index in [-0.39, 0.29) is 11.4 Å². The van der Waals surface area contributed by atoms with Crippen molar-refractivity contribution in [1.29, 1.82) is 0 Å². The number of carbonyl (C=O) groups is 1. The monoisotopic (exact) mass is 353 g/mol. The zero-order valence-corrected chi connectivity index (χ0v) is 14.9. The van der Waals surface area contributed by atoms with Crippen molar-refractivity contribution in [2.24, 2.45) is 5.92 Å². The zero-order valence-electron chi connectivity index (χ0n) is 14.9. The van der Waals surface area contributed by atoms with Gasteiger partial charge in [0.25, 0.3) is 5.91 Å². The number of pyridine rings is 1. The lowest BCUT2D eigenvalue weighted by molar-refractivity contribution is -0.0695. The van der Waals surface area contributed by atoms with Gasteiger partial charge in [0.15, 0.2) is 0 Å². The van der Waals surface area contributed by atoms with E-state index in [9.17, 15) is 4.79 Å². The predicted octanol–water partition coefficient (Wildman–Crippen LogP) is 1.49. The second-order valence-electron chi connectivity index (χ2n) is 7.28. The maximum atomic E-state index is 12.6. The van der Waals surface area contributed by atoms with Gasteiger partial charge in [-0.3, -0.25) is 9.69 Å². The molecule has 0 N–H and O–H groups in total. The van der Waals surface area contributed by atoms with Gasteiger partial charge < -0.3 is 9.64 Å². The van der Waals surface area contributed by atoms with Gasteiger partial charge in [-0.05, 0) is 44.5 Å². The van der Waals surface area contributed by atoms with Gasteiger partial charge >= 0.3 is 0 Å². The van der Waals surface area contributed by atoms with Gasteiger partial charge in [0.05, 0.1) is 30.1 Å². The number of nitrogens with zero attached hydrogens (tertiary/aromatic N) is 5. The van der Waals surface area contributed by atoms with Gasteiger partial charge in [0, 0.05) is 25.4 Å². The van der Waals surface area contributed by atoms with Crippen molar-refractivity contribution < 1.29 is 9.53 Å². The van der Waals surface area contributed by atoms with Gasteiger partial charge in [-0.2, -0.15) is 10.2 Å². The molecule has 0 radical (unpaired) electrons. The lowest BCUT2D eigenvalue weighted by Gasteiger charge is -2.58. The molecule has 0 aliphatic carbocycles. The standard InChI is InChI=1S/C19H23N5O2/c1-23-9-6-15(12-26-17-4-2-3-7-20-17)10-19(23)13-24(14-19)18(25)16-5-8-21-22-11-16/h2-5,7-8,11,15H,6,9-10,12-14H2,1H3/t15-/m0/s1. The Morgan fingerprint density at radius 3 is 2.88 bits per heavy atom. The SMILES string of the molecule is CN1CC[C@H](COc2ccccn2)CC12CN(C(=O)c1ccnnc1)C2. The molecule has 1 spiro atoms. The Balaban J connectivity index is 1.35. The number of likely N-dealkylation sites (tertiary alicyclic amines) is 2. The van der Waals surface area contributed by atoms with Crippen molar-refractivity contribution >= 4 is 5.91 Å². The Morgan fingerprint density at radius 1 is 1.27 bits per heavy atom. The smallest absolute Gasteiger partial charge is 0.255 e. The maximum Gasteiger partial charge on any atom is 0.255 e. The molecule has 0 bridgehead atoms. The number of likely N-dealkylation sites (N-methyl/N-ethyl adjacent to an activating group) is 1. The summed E-state index contributed by atoms with van der Waals surface area (Å²) in [6.07, 6.45) is 6.97. The summed E-state index contributed by atoms with van der Waals surface area (Å²) in [7, 11) is 2.16. The van der Waals surface area contributed by atoms with Crippen LogP contribution in [0.2, 0.25) is 0 Å². The highest BCUT2D eigenvalue weighted by Crippen LogP contribution is 2.38. The fourth-order valence-corrected chi connectivity index (χ4v) is 3.96. The Morgan fingerprint density at radius 2 is 2.15 bits per heavy atom. The molecule has 1 amide bonds. The first-order valence-electron chi connectivity index (χ1n) is 8.97. The van der Waals surface area contributed by atoms with Crippen molar-refractivity contribution in [2.45, 2.75) is 18.4 Å². The fraction of sp³-hybridized carbons (Fsp3) is 0.474. The first-order chi connectivity index (χ1) is 12.7. The van der Waals surface area contributed by atoms with E-state index in [2.05, 4.69) is 27.1 Å². The van der Waals surface area contributed by atoms with Crippen LogP contribution < -0.4 is 4.74 Å². The highest BCUT2D eigenvalue weighted by molar-refractivity contribution is 5.94. The molecule has 4 rings (SSSR count). The molecular weight excluding hydrogens is 330 g/mol. The number of aromatic nitrogens is 3. The number of piperidine rings is 1. The van der Waals surface area contributed by atoms with Crippen LogP contribution in [0.25, 0.3) is 0 Å². The molecule has 0 aromatic carbocycles. The van der Waals surface area contributed by atoms with Crippen LogP contribution in [0.15, 0.2) is 42.9 Å². The summed E-state index contributed by atoms with van der Waals surface area (Å²) in [4.78, 5) is 21.1. The van der Waals surface area contributed by atoms with Crippen LogP contribution in [0.3, 0.4) is 0 Å². The Hall–Kier alpha value is -2.54. The number of rotatable bonds is 4. The average Bonchev–Trinajstić information content (AvgIpc) is 2.67. The molecular formula is C19H23N5O2. The van der Waals surface area contributed by atoms with E-state index in [1.165, 1.54) is 6.20 Å². The van der Waals surface area contributed by atoms with Gasteiger partial charge in [-0.15, -0.1) is 0 Å². The second kappa shape index (κ2) is 6.99. The molecule has 0 unspecified atom stereocenters. The highest BCUT2D eigenvalue weighted by atomic mass is 16.5. The predicted molar refractivity (Wildman–Crippen MR) is 95.8 cm³/mol. The molecule has 136 valence electrons. The van der Waals surface area contributed by atoms with Gasteiger partial charge in [0.2, 0.25) is 5.88 Å². The molecule has 1 atom stereocenters.